The molecule has 0 spiro atoms. The third-order valence-electron chi connectivity index (χ3n) is 9.89. The summed E-state index contributed by atoms with van der Waals surface area (Å²) < 4.78 is 0.990. The first kappa shape index (κ1) is 33.7. The maximum atomic E-state index is 14.6. The van der Waals surface area contributed by atoms with Gasteiger partial charge in [-0.3, -0.25) is 0 Å². The third-order valence-corrected chi connectivity index (χ3v) is 9.89. The van der Waals surface area contributed by atoms with Crippen molar-refractivity contribution in [3.63, 3.8) is 0 Å². The highest BCUT2D eigenvalue weighted by Crippen LogP contribution is 2.50. The predicted molar refractivity (Wildman–Crippen MR) is 222 cm³/mol. The molecule has 0 unspecified atom stereocenters. The smallest absolute Gasteiger partial charge is 0.131 e. The van der Waals surface area contributed by atoms with Gasteiger partial charge in [0.1, 0.15) is 12.3 Å². The molecule has 0 fully saturated rings. The van der Waals surface area contributed by atoms with E-state index >= 15 is 0 Å². The molecule has 0 saturated carbocycles. The van der Waals surface area contributed by atoms with Crippen molar-refractivity contribution in [3.05, 3.63) is 181 Å². The molecule has 9 rings (SSSR count). The molecule has 0 amide bonds. The zero-order valence-corrected chi connectivity index (χ0v) is 30.3. The van der Waals surface area contributed by atoms with Crippen molar-refractivity contribution in [2.75, 3.05) is 21.1 Å². The summed E-state index contributed by atoms with van der Waals surface area (Å²) in [4.78, 5) is 0. The van der Waals surface area contributed by atoms with Crippen LogP contribution in [-0.2, 0) is 6.54 Å². The van der Waals surface area contributed by atoms with Crippen molar-refractivity contribution in [2.24, 2.45) is 0 Å². The lowest BCUT2D eigenvalue weighted by atomic mass is 9.86. The maximum absolute atomic E-state index is 14.6. The minimum absolute atomic E-state index is 0.0971. The van der Waals surface area contributed by atoms with Gasteiger partial charge in [0.2, 0.25) is 0 Å². The number of quaternary nitrogens is 1. The molecule has 0 radical (unpaired) electrons. The van der Waals surface area contributed by atoms with Crippen molar-refractivity contribution >= 4 is 43.1 Å². The molecule has 3 nitrogen and oxygen atoms in total. The van der Waals surface area contributed by atoms with Gasteiger partial charge in [0, 0.05) is 16.7 Å². The quantitative estimate of drug-likeness (QED) is 0.183. The van der Waals surface area contributed by atoms with Gasteiger partial charge in [-0.25, -0.2) is 0 Å². The Labute approximate surface area is 310 Å². The van der Waals surface area contributed by atoms with E-state index in [4.69, 9.17) is 0 Å². The van der Waals surface area contributed by atoms with Crippen LogP contribution in [0.3, 0.4) is 0 Å². The average Bonchev–Trinajstić information content (AvgIpc) is 3.17. The average molecular weight is 688 g/mol. The van der Waals surface area contributed by atoms with E-state index in [0.29, 0.717) is 22.3 Å². The summed E-state index contributed by atoms with van der Waals surface area (Å²) in [7, 11) is 6.60. The summed E-state index contributed by atoms with van der Waals surface area (Å²) in [6.45, 7) is 1.10. The van der Waals surface area contributed by atoms with Crippen molar-refractivity contribution in [3.8, 4) is 44.9 Å². The number of nitrogens with zero attached hydrogens (tertiary/aromatic N) is 1. The lowest BCUT2D eigenvalue weighted by Gasteiger charge is -2.25. The van der Waals surface area contributed by atoms with Crippen LogP contribution in [0.4, 0.5) is 0 Å². The normalized spacial score (nSPS) is 11.5. The SMILES string of the molecule is C[N+](C)(C)Cc1ccccc1.[O-]c1c(-c2ccc3ccccc3c2)cc2ccccc2c1-c1c(O)c(-c2ccc3ccccc3c2)cc2ccccc12. The van der Waals surface area contributed by atoms with Gasteiger partial charge in [-0.15, -0.1) is 0 Å². The molecule has 0 aliphatic rings. The number of rotatable bonds is 5. The van der Waals surface area contributed by atoms with Crippen LogP contribution >= 0.6 is 0 Å². The molecule has 0 heterocycles. The Kier molecular flexibility index (Phi) is 8.87. The van der Waals surface area contributed by atoms with E-state index in [9.17, 15) is 10.2 Å². The number of phenols is 1. The molecule has 0 aromatic heterocycles. The molecule has 3 heteroatoms. The van der Waals surface area contributed by atoms with Crippen LogP contribution in [-0.4, -0.2) is 30.7 Å². The molecular weight excluding hydrogens is 647 g/mol. The Morgan fingerprint density at radius 2 is 0.868 bits per heavy atom. The third kappa shape index (κ3) is 6.83. The molecule has 9 aromatic rings. The van der Waals surface area contributed by atoms with Gasteiger partial charge in [0.25, 0.3) is 0 Å². The lowest BCUT2D eigenvalue weighted by molar-refractivity contribution is -0.884. The minimum Gasteiger partial charge on any atom is -0.872 e. The van der Waals surface area contributed by atoms with E-state index in [1.807, 2.05) is 97.1 Å². The van der Waals surface area contributed by atoms with Gasteiger partial charge < -0.3 is 14.7 Å². The van der Waals surface area contributed by atoms with Gasteiger partial charge in [-0.05, 0) is 89.6 Å². The standard InChI is InChI=1S/C40H26O2.C10H16N/c41-39-35(31-19-17-25-9-1-3-11-27(25)21-31)23-29-13-5-7-15-33(29)37(39)38-34-16-8-6-14-30(34)24-36(40(38)42)32-20-18-26-10-2-4-12-28(26)22-32;1-11(2,3)9-10-7-5-4-6-8-10/h1-24,41-42H;4-8H,9H2,1-3H3/q;+1/p-1. The molecule has 53 heavy (non-hydrogen) atoms. The zero-order valence-electron chi connectivity index (χ0n) is 30.3. The van der Waals surface area contributed by atoms with Crippen LogP contribution < -0.4 is 5.11 Å². The van der Waals surface area contributed by atoms with Crippen LogP contribution in [0.2, 0.25) is 0 Å². The fraction of sp³-hybridized carbons (Fsp3) is 0.0800. The highest BCUT2D eigenvalue weighted by molar-refractivity contribution is 6.14. The Bertz CT molecular complexity index is 2590. The first-order chi connectivity index (χ1) is 25.7. The van der Waals surface area contributed by atoms with Crippen LogP contribution in [0.25, 0.3) is 76.5 Å². The van der Waals surface area contributed by atoms with Gasteiger partial charge in [0.05, 0.1) is 21.1 Å². The topological polar surface area (TPSA) is 43.3 Å². The number of benzene rings is 9. The second-order valence-electron chi connectivity index (χ2n) is 14.8. The number of aromatic hydroxyl groups is 1. The summed E-state index contributed by atoms with van der Waals surface area (Å²) >= 11 is 0. The van der Waals surface area contributed by atoms with Crippen molar-refractivity contribution in [1.82, 2.24) is 0 Å². The molecular formula is C50H41NO2. The number of hydrogen-bond donors (Lipinski definition) is 1. The molecule has 9 aromatic carbocycles. The van der Waals surface area contributed by atoms with Crippen molar-refractivity contribution in [1.29, 1.82) is 0 Å². The highest BCUT2D eigenvalue weighted by atomic mass is 16.3. The Balaban J connectivity index is 0.000000314. The second kappa shape index (κ2) is 14.0. The van der Waals surface area contributed by atoms with E-state index in [1.54, 1.807) is 0 Å². The second-order valence-corrected chi connectivity index (χ2v) is 14.8. The van der Waals surface area contributed by atoms with Crippen molar-refractivity contribution < 1.29 is 14.7 Å². The summed E-state index contributed by atoms with van der Waals surface area (Å²) in [6.07, 6.45) is 0. The van der Waals surface area contributed by atoms with Crippen LogP contribution in [0.15, 0.2) is 176 Å². The van der Waals surface area contributed by atoms with Gasteiger partial charge in [-0.1, -0.05) is 157 Å². The van der Waals surface area contributed by atoms with Gasteiger partial charge in [0.15, 0.2) is 0 Å². The maximum Gasteiger partial charge on any atom is 0.131 e. The number of phenolic OH excluding ortho intramolecular Hbond substituents is 1. The first-order valence-corrected chi connectivity index (χ1v) is 18.0. The molecule has 0 bridgehead atoms. The molecule has 258 valence electrons. The zero-order chi connectivity index (χ0) is 36.5. The largest absolute Gasteiger partial charge is 0.872 e. The van der Waals surface area contributed by atoms with E-state index in [2.05, 4.69) is 100 Å². The van der Waals surface area contributed by atoms with E-state index in [0.717, 1.165) is 65.2 Å². The number of hydrogen-bond acceptors (Lipinski definition) is 2. The molecule has 0 aliphatic heterocycles. The first-order valence-electron chi connectivity index (χ1n) is 18.0. The summed E-state index contributed by atoms with van der Waals surface area (Å²) in [6, 6.07) is 59.3. The summed E-state index contributed by atoms with van der Waals surface area (Å²) in [5.41, 5.74) is 5.58. The highest BCUT2D eigenvalue weighted by Gasteiger charge is 2.20. The predicted octanol–water partition coefficient (Wildman–Crippen LogP) is 12.0. The van der Waals surface area contributed by atoms with E-state index in [-0.39, 0.29) is 11.5 Å². The molecule has 0 aliphatic carbocycles. The number of fused-ring (bicyclic) bond motifs is 4. The van der Waals surface area contributed by atoms with E-state index in [1.165, 1.54) is 5.56 Å². The Morgan fingerprint density at radius 3 is 1.42 bits per heavy atom. The lowest BCUT2D eigenvalue weighted by Crippen LogP contribution is -2.33. The monoisotopic (exact) mass is 687 g/mol. The Hall–Kier alpha value is -6.42. The minimum atomic E-state index is -0.0971. The molecule has 1 N–H and O–H groups in total. The van der Waals surface area contributed by atoms with Crippen molar-refractivity contribution in [2.45, 2.75) is 6.54 Å². The summed E-state index contributed by atoms with van der Waals surface area (Å²) in [5, 5.41) is 34.8. The van der Waals surface area contributed by atoms with E-state index < -0.39 is 0 Å². The molecule has 0 atom stereocenters. The fourth-order valence-corrected chi connectivity index (χ4v) is 7.45. The summed E-state index contributed by atoms with van der Waals surface area (Å²) in [5.74, 6) is 0.0157. The van der Waals surface area contributed by atoms with Crippen LogP contribution in [0, 0.1) is 0 Å². The van der Waals surface area contributed by atoms with Gasteiger partial charge in [-0.2, -0.15) is 0 Å². The van der Waals surface area contributed by atoms with Gasteiger partial charge >= 0.3 is 0 Å². The molecule has 0 saturated heterocycles. The Morgan fingerprint density at radius 1 is 0.434 bits per heavy atom. The fourth-order valence-electron chi connectivity index (χ4n) is 7.45. The van der Waals surface area contributed by atoms with Crippen LogP contribution in [0.1, 0.15) is 5.56 Å². The van der Waals surface area contributed by atoms with Crippen LogP contribution in [0.5, 0.6) is 11.5 Å².